The molecular formula is C24H33N5O2. The van der Waals surface area contributed by atoms with E-state index in [1.54, 1.807) is 14.2 Å². The zero-order chi connectivity index (χ0) is 21.6. The van der Waals surface area contributed by atoms with Gasteiger partial charge in [0.05, 0.1) is 26.5 Å². The van der Waals surface area contributed by atoms with Gasteiger partial charge >= 0.3 is 0 Å². The van der Waals surface area contributed by atoms with Gasteiger partial charge in [0, 0.05) is 44.5 Å². The van der Waals surface area contributed by atoms with E-state index in [1.165, 1.54) is 38.2 Å². The number of benzene rings is 2. The molecular weight excluding hydrogens is 390 g/mol. The minimum absolute atomic E-state index is 0.336. The van der Waals surface area contributed by atoms with Crippen molar-refractivity contribution in [3.05, 3.63) is 48.0 Å². The van der Waals surface area contributed by atoms with E-state index < -0.39 is 0 Å². The summed E-state index contributed by atoms with van der Waals surface area (Å²) in [5.41, 5.74) is 9.23. The van der Waals surface area contributed by atoms with Crippen molar-refractivity contribution in [3.63, 3.8) is 0 Å². The fourth-order valence-corrected chi connectivity index (χ4v) is 3.93. The number of rotatable bonds is 8. The van der Waals surface area contributed by atoms with Crippen LogP contribution in [0.1, 0.15) is 18.4 Å². The minimum Gasteiger partial charge on any atom is -0.497 e. The molecule has 1 saturated carbocycles. The lowest BCUT2D eigenvalue weighted by molar-refractivity contribution is 0.248. The maximum absolute atomic E-state index is 6.10. The number of nitrogens with two attached hydrogens (primary N) is 1. The Hall–Kier alpha value is -2.93. The van der Waals surface area contributed by atoms with Gasteiger partial charge in [0.1, 0.15) is 11.5 Å². The number of nitrogens with zero attached hydrogens (tertiary/aromatic N) is 3. The number of anilines is 2. The molecule has 4 rings (SSSR count). The van der Waals surface area contributed by atoms with Gasteiger partial charge in [-0.05, 0) is 48.6 Å². The molecule has 1 aliphatic heterocycles. The van der Waals surface area contributed by atoms with E-state index in [0.29, 0.717) is 18.3 Å². The molecule has 3 N–H and O–H groups in total. The summed E-state index contributed by atoms with van der Waals surface area (Å²) in [6.07, 6.45) is 2.86. The van der Waals surface area contributed by atoms with E-state index in [-0.39, 0.29) is 0 Å². The van der Waals surface area contributed by atoms with Gasteiger partial charge < -0.3 is 25.4 Å². The second-order valence-corrected chi connectivity index (χ2v) is 8.29. The lowest BCUT2D eigenvalue weighted by Gasteiger charge is -2.36. The van der Waals surface area contributed by atoms with Crippen LogP contribution in [0.3, 0.4) is 0 Å². The fraction of sp³-hybridized carbons (Fsp3) is 0.458. The molecule has 0 bridgehead atoms. The highest BCUT2D eigenvalue weighted by Gasteiger charge is 2.26. The number of ether oxygens (including phenoxy) is 2. The standard InChI is InChI=1S/C24H33N5O2/c1-30-21-9-10-23(31-2)22(15-21)27-24(25)26-16-18-5-7-20(8-6-18)29-13-11-28(12-14-29)17-19-3-4-19/h5-10,15,19H,3-4,11-14,16-17H2,1-2H3,(H3,25,26,27). The van der Waals surface area contributed by atoms with Crippen LogP contribution in [0, 0.1) is 5.92 Å². The lowest BCUT2D eigenvalue weighted by atomic mass is 10.1. The molecule has 0 aromatic heterocycles. The molecule has 7 heteroatoms. The number of hydrogen-bond donors (Lipinski definition) is 2. The van der Waals surface area contributed by atoms with Crippen LogP contribution >= 0.6 is 0 Å². The van der Waals surface area contributed by atoms with Gasteiger partial charge in [0.2, 0.25) is 0 Å². The Bertz CT molecular complexity index is 887. The molecule has 1 saturated heterocycles. The van der Waals surface area contributed by atoms with Crippen LogP contribution in [0.25, 0.3) is 0 Å². The van der Waals surface area contributed by atoms with Crippen LogP contribution in [0.15, 0.2) is 47.5 Å². The van der Waals surface area contributed by atoms with Crippen molar-refractivity contribution in [2.45, 2.75) is 19.4 Å². The van der Waals surface area contributed by atoms with Crippen LogP contribution in [-0.4, -0.2) is 57.8 Å². The maximum atomic E-state index is 6.10. The van der Waals surface area contributed by atoms with Crippen molar-refractivity contribution in [2.24, 2.45) is 16.6 Å². The second kappa shape index (κ2) is 9.92. The van der Waals surface area contributed by atoms with Crippen molar-refractivity contribution in [3.8, 4) is 11.5 Å². The van der Waals surface area contributed by atoms with E-state index in [2.05, 4.69) is 44.4 Å². The maximum Gasteiger partial charge on any atom is 0.193 e. The van der Waals surface area contributed by atoms with Gasteiger partial charge in [-0.2, -0.15) is 0 Å². The Morgan fingerprint density at radius 3 is 2.42 bits per heavy atom. The first-order valence-corrected chi connectivity index (χ1v) is 11.0. The Morgan fingerprint density at radius 1 is 1.03 bits per heavy atom. The first kappa shape index (κ1) is 21.3. The SMILES string of the molecule is COc1ccc(OC)c(NC(N)=NCc2ccc(N3CCN(CC4CC4)CC3)cc2)c1. The van der Waals surface area contributed by atoms with Crippen LogP contribution in [0.5, 0.6) is 11.5 Å². The first-order valence-electron chi connectivity index (χ1n) is 11.0. The first-order chi connectivity index (χ1) is 15.1. The summed E-state index contributed by atoms with van der Waals surface area (Å²) in [5.74, 6) is 2.71. The predicted octanol–water partition coefficient (Wildman–Crippen LogP) is 3.16. The molecule has 1 heterocycles. The third-order valence-electron chi connectivity index (χ3n) is 5.99. The second-order valence-electron chi connectivity index (χ2n) is 8.29. The molecule has 0 radical (unpaired) electrons. The van der Waals surface area contributed by atoms with Gasteiger partial charge in [0.25, 0.3) is 0 Å². The van der Waals surface area contributed by atoms with E-state index in [0.717, 1.165) is 36.0 Å². The molecule has 2 aliphatic rings. The highest BCUT2D eigenvalue weighted by Crippen LogP contribution is 2.30. The molecule has 166 valence electrons. The Morgan fingerprint density at radius 2 is 1.77 bits per heavy atom. The average molecular weight is 424 g/mol. The van der Waals surface area contributed by atoms with Gasteiger partial charge in [-0.15, -0.1) is 0 Å². The van der Waals surface area contributed by atoms with E-state index >= 15 is 0 Å². The van der Waals surface area contributed by atoms with Gasteiger partial charge in [-0.3, -0.25) is 4.90 Å². The van der Waals surface area contributed by atoms with Crippen LogP contribution < -0.4 is 25.4 Å². The van der Waals surface area contributed by atoms with Crippen LogP contribution in [0.2, 0.25) is 0 Å². The quantitative estimate of drug-likeness (QED) is 0.502. The third kappa shape index (κ3) is 5.82. The third-order valence-corrected chi connectivity index (χ3v) is 5.99. The summed E-state index contributed by atoms with van der Waals surface area (Å²) in [4.78, 5) is 9.56. The zero-order valence-corrected chi connectivity index (χ0v) is 18.5. The van der Waals surface area contributed by atoms with Crippen molar-refractivity contribution < 1.29 is 9.47 Å². The number of aliphatic imine (C=N–C) groups is 1. The molecule has 2 fully saturated rings. The van der Waals surface area contributed by atoms with Crippen molar-refractivity contribution in [1.82, 2.24) is 4.90 Å². The van der Waals surface area contributed by atoms with Gasteiger partial charge in [0.15, 0.2) is 5.96 Å². The highest BCUT2D eigenvalue weighted by atomic mass is 16.5. The van der Waals surface area contributed by atoms with Crippen molar-refractivity contribution >= 4 is 17.3 Å². The predicted molar refractivity (Wildman–Crippen MR) is 126 cm³/mol. The fourth-order valence-electron chi connectivity index (χ4n) is 3.93. The van der Waals surface area contributed by atoms with E-state index in [4.69, 9.17) is 15.2 Å². The van der Waals surface area contributed by atoms with Gasteiger partial charge in [-0.1, -0.05) is 12.1 Å². The number of methoxy groups -OCH3 is 2. The summed E-state index contributed by atoms with van der Waals surface area (Å²) >= 11 is 0. The Kier molecular flexibility index (Phi) is 6.82. The van der Waals surface area contributed by atoms with Gasteiger partial charge in [-0.25, -0.2) is 4.99 Å². The molecule has 0 unspecified atom stereocenters. The summed E-state index contributed by atoms with van der Waals surface area (Å²) in [7, 11) is 3.25. The molecule has 31 heavy (non-hydrogen) atoms. The Balaban J connectivity index is 1.30. The number of nitrogens with one attached hydrogen (secondary N) is 1. The van der Waals surface area contributed by atoms with Crippen LogP contribution in [-0.2, 0) is 6.54 Å². The number of piperazine rings is 1. The number of guanidine groups is 1. The molecule has 2 aromatic carbocycles. The topological polar surface area (TPSA) is 75.3 Å². The summed E-state index contributed by atoms with van der Waals surface area (Å²) in [6.45, 7) is 6.34. The minimum atomic E-state index is 0.336. The average Bonchev–Trinajstić information content (AvgIpc) is 3.62. The monoisotopic (exact) mass is 423 g/mol. The molecule has 0 amide bonds. The van der Waals surface area contributed by atoms with E-state index in [9.17, 15) is 0 Å². The molecule has 0 atom stereocenters. The normalized spacial score (nSPS) is 17.5. The number of hydrogen-bond acceptors (Lipinski definition) is 5. The van der Waals surface area contributed by atoms with Crippen molar-refractivity contribution in [2.75, 3.05) is 57.2 Å². The summed E-state index contributed by atoms with van der Waals surface area (Å²) in [6, 6.07) is 14.2. The smallest absolute Gasteiger partial charge is 0.193 e. The highest BCUT2D eigenvalue weighted by molar-refractivity contribution is 5.94. The van der Waals surface area contributed by atoms with E-state index in [1.807, 2.05) is 18.2 Å². The molecule has 1 aliphatic carbocycles. The molecule has 0 spiro atoms. The van der Waals surface area contributed by atoms with Crippen LogP contribution in [0.4, 0.5) is 11.4 Å². The summed E-state index contributed by atoms with van der Waals surface area (Å²) in [5, 5.41) is 3.10. The zero-order valence-electron chi connectivity index (χ0n) is 18.5. The lowest BCUT2D eigenvalue weighted by Crippen LogP contribution is -2.47. The summed E-state index contributed by atoms with van der Waals surface area (Å²) < 4.78 is 10.6. The largest absolute Gasteiger partial charge is 0.497 e. The van der Waals surface area contributed by atoms with Crippen molar-refractivity contribution in [1.29, 1.82) is 0 Å². The molecule has 2 aromatic rings. The molecule has 7 nitrogen and oxygen atoms in total. The Labute approximate surface area is 184 Å².